The SMILES string of the molecule is c1ccc(N(c2ccc(-c3ccc4c(c3)Cc3ccccc3-4)cc2)c2ccccc2-c2ccc3c(c2)c2ccccc2n3-c2ccccc2)cc1. The van der Waals surface area contributed by atoms with Crippen LogP contribution in [0, 0.1) is 0 Å². The molecule has 0 aliphatic heterocycles. The Hall–Kier alpha value is -6.64. The lowest BCUT2D eigenvalue weighted by molar-refractivity contribution is 1.18. The van der Waals surface area contributed by atoms with Gasteiger partial charge in [-0.1, -0.05) is 133 Å². The number of anilines is 3. The Morgan fingerprint density at radius 2 is 0.980 bits per heavy atom. The van der Waals surface area contributed by atoms with Crippen LogP contribution < -0.4 is 4.90 Å². The molecule has 0 amide bonds. The normalized spacial score (nSPS) is 11.8. The summed E-state index contributed by atoms with van der Waals surface area (Å²) in [6.45, 7) is 0. The minimum Gasteiger partial charge on any atom is -0.310 e. The fraction of sp³-hybridized carbons (Fsp3) is 0.0204. The summed E-state index contributed by atoms with van der Waals surface area (Å²) in [6, 6.07) is 70.6. The van der Waals surface area contributed by atoms with Crippen molar-refractivity contribution in [2.75, 3.05) is 4.90 Å². The number of aromatic nitrogens is 1. The second-order valence-corrected chi connectivity index (χ2v) is 13.4. The summed E-state index contributed by atoms with van der Waals surface area (Å²) in [7, 11) is 0. The van der Waals surface area contributed by atoms with Crippen LogP contribution in [-0.4, -0.2) is 4.57 Å². The highest BCUT2D eigenvalue weighted by Crippen LogP contribution is 2.44. The monoisotopic (exact) mass is 650 g/mol. The van der Waals surface area contributed by atoms with Crippen LogP contribution in [0.5, 0.6) is 0 Å². The molecule has 0 spiro atoms. The summed E-state index contributed by atoms with van der Waals surface area (Å²) in [5.74, 6) is 0. The average Bonchev–Trinajstić information content (AvgIpc) is 3.74. The zero-order valence-corrected chi connectivity index (χ0v) is 28.1. The molecule has 1 aromatic heterocycles. The molecule has 51 heavy (non-hydrogen) atoms. The molecular weight excluding hydrogens is 617 g/mol. The van der Waals surface area contributed by atoms with Gasteiger partial charge in [0.05, 0.1) is 16.7 Å². The first-order valence-electron chi connectivity index (χ1n) is 17.6. The van der Waals surface area contributed by atoms with Crippen molar-refractivity contribution < 1.29 is 0 Å². The van der Waals surface area contributed by atoms with E-state index >= 15 is 0 Å². The summed E-state index contributed by atoms with van der Waals surface area (Å²) < 4.78 is 2.37. The average molecular weight is 651 g/mol. The van der Waals surface area contributed by atoms with E-state index in [4.69, 9.17) is 0 Å². The van der Waals surface area contributed by atoms with Crippen LogP contribution in [0.15, 0.2) is 194 Å². The summed E-state index contributed by atoms with van der Waals surface area (Å²) in [6.07, 6.45) is 0.995. The van der Waals surface area contributed by atoms with Gasteiger partial charge in [-0.25, -0.2) is 0 Å². The van der Waals surface area contributed by atoms with Gasteiger partial charge in [-0.05, 0) is 106 Å². The van der Waals surface area contributed by atoms with Crippen LogP contribution in [-0.2, 0) is 6.42 Å². The number of rotatable bonds is 6. The lowest BCUT2D eigenvalue weighted by atomic mass is 9.98. The van der Waals surface area contributed by atoms with Crippen molar-refractivity contribution in [3.05, 3.63) is 205 Å². The molecule has 2 nitrogen and oxygen atoms in total. The maximum atomic E-state index is 2.38. The van der Waals surface area contributed by atoms with E-state index in [2.05, 4.69) is 204 Å². The molecule has 0 atom stereocenters. The quantitative estimate of drug-likeness (QED) is 0.174. The lowest BCUT2D eigenvalue weighted by Gasteiger charge is -2.28. The van der Waals surface area contributed by atoms with Crippen LogP contribution in [0.3, 0.4) is 0 Å². The van der Waals surface area contributed by atoms with Crippen molar-refractivity contribution in [1.29, 1.82) is 0 Å². The summed E-state index contributed by atoms with van der Waals surface area (Å²) in [5.41, 5.74) is 17.3. The van der Waals surface area contributed by atoms with Gasteiger partial charge < -0.3 is 9.47 Å². The molecule has 0 saturated carbocycles. The van der Waals surface area contributed by atoms with E-state index in [1.165, 1.54) is 72.0 Å². The van der Waals surface area contributed by atoms with Gasteiger partial charge in [0.15, 0.2) is 0 Å². The Morgan fingerprint density at radius 3 is 1.82 bits per heavy atom. The van der Waals surface area contributed by atoms with E-state index in [0.29, 0.717) is 0 Å². The third-order valence-electron chi connectivity index (χ3n) is 10.4. The van der Waals surface area contributed by atoms with Gasteiger partial charge in [0.2, 0.25) is 0 Å². The molecule has 1 aliphatic rings. The van der Waals surface area contributed by atoms with E-state index in [0.717, 1.165) is 23.5 Å². The third kappa shape index (κ3) is 4.95. The summed E-state index contributed by atoms with van der Waals surface area (Å²) in [4.78, 5) is 2.38. The molecule has 2 heteroatoms. The number of fused-ring (bicyclic) bond motifs is 6. The van der Waals surface area contributed by atoms with Gasteiger partial charge in [0, 0.05) is 33.4 Å². The fourth-order valence-corrected chi connectivity index (χ4v) is 8.04. The maximum Gasteiger partial charge on any atom is 0.0541 e. The van der Waals surface area contributed by atoms with E-state index in [1.807, 2.05) is 0 Å². The van der Waals surface area contributed by atoms with Gasteiger partial charge in [0.25, 0.3) is 0 Å². The van der Waals surface area contributed by atoms with Crippen LogP contribution >= 0.6 is 0 Å². The highest BCUT2D eigenvalue weighted by atomic mass is 15.1. The first-order valence-corrected chi connectivity index (χ1v) is 17.6. The van der Waals surface area contributed by atoms with E-state index in [-0.39, 0.29) is 0 Å². The van der Waals surface area contributed by atoms with Crippen molar-refractivity contribution in [1.82, 2.24) is 4.57 Å². The summed E-state index contributed by atoms with van der Waals surface area (Å²) in [5, 5.41) is 2.50. The highest BCUT2D eigenvalue weighted by Gasteiger charge is 2.21. The molecule has 0 radical (unpaired) electrons. The van der Waals surface area contributed by atoms with Crippen molar-refractivity contribution in [3.63, 3.8) is 0 Å². The Labute approximate surface area is 298 Å². The van der Waals surface area contributed by atoms with E-state index < -0.39 is 0 Å². The Balaban J connectivity index is 1.07. The predicted octanol–water partition coefficient (Wildman–Crippen LogP) is 13.2. The summed E-state index contributed by atoms with van der Waals surface area (Å²) >= 11 is 0. The first-order chi connectivity index (χ1) is 25.3. The van der Waals surface area contributed by atoms with Gasteiger partial charge >= 0.3 is 0 Å². The van der Waals surface area contributed by atoms with E-state index in [1.54, 1.807) is 0 Å². The molecule has 9 aromatic rings. The molecule has 8 aromatic carbocycles. The number of hydrogen-bond acceptors (Lipinski definition) is 1. The molecular formula is C49H34N2. The Morgan fingerprint density at radius 1 is 0.373 bits per heavy atom. The van der Waals surface area contributed by atoms with Crippen molar-refractivity contribution in [2.24, 2.45) is 0 Å². The second-order valence-electron chi connectivity index (χ2n) is 13.4. The van der Waals surface area contributed by atoms with Gasteiger partial charge in [-0.15, -0.1) is 0 Å². The maximum absolute atomic E-state index is 2.38. The lowest BCUT2D eigenvalue weighted by Crippen LogP contribution is -2.11. The minimum atomic E-state index is 0.995. The molecule has 1 heterocycles. The smallest absolute Gasteiger partial charge is 0.0541 e. The van der Waals surface area contributed by atoms with Crippen molar-refractivity contribution in [2.45, 2.75) is 6.42 Å². The van der Waals surface area contributed by atoms with Crippen molar-refractivity contribution in [3.8, 4) is 39.1 Å². The number of benzene rings is 8. The van der Waals surface area contributed by atoms with Crippen LogP contribution in [0.2, 0.25) is 0 Å². The molecule has 0 fully saturated rings. The minimum absolute atomic E-state index is 0.995. The highest BCUT2D eigenvalue weighted by molar-refractivity contribution is 6.11. The fourth-order valence-electron chi connectivity index (χ4n) is 8.04. The van der Waals surface area contributed by atoms with Gasteiger partial charge in [0.1, 0.15) is 0 Å². The molecule has 0 unspecified atom stereocenters. The van der Waals surface area contributed by atoms with Crippen LogP contribution in [0.25, 0.3) is 60.9 Å². The largest absolute Gasteiger partial charge is 0.310 e. The predicted molar refractivity (Wildman–Crippen MR) is 215 cm³/mol. The molecule has 0 saturated heterocycles. The Kier molecular flexibility index (Phi) is 6.92. The number of hydrogen-bond donors (Lipinski definition) is 0. The van der Waals surface area contributed by atoms with Gasteiger partial charge in [-0.2, -0.15) is 0 Å². The molecule has 0 bridgehead atoms. The molecule has 240 valence electrons. The Bertz CT molecular complexity index is 2700. The second kappa shape index (κ2) is 12.0. The van der Waals surface area contributed by atoms with Crippen LogP contribution in [0.4, 0.5) is 17.1 Å². The standard InChI is InChI=1S/C49H34N2/c1-3-14-39(15-4-1)50(41-27-23-34(24-28-41)35-25-29-43-38(31-35)32-36-13-7-8-18-42(36)43)47-21-11-9-19-44(47)37-26-30-49-46(33-37)45-20-10-12-22-48(45)51(49)40-16-5-2-6-17-40/h1-31,33H,32H2. The number of nitrogens with zero attached hydrogens (tertiary/aromatic N) is 2. The zero-order chi connectivity index (χ0) is 33.7. The topological polar surface area (TPSA) is 8.17 Å². The van der Waals surface area contributed by atoms with Gasteiger partial charge in [-0.3, -0.25) is 0 Å². The molecule has 1 aliphatic carbocycles. The molecule has 10 rings (SSSR count). The van der Waals surface area contributed by atoms with Crippen LogP contribution in [0.1, 0.15) is 11.1 Å². The molecule has 0 N–H and O–H groups in total. The third-order valence-corrected chi connectivity index (χ3v) is 10.4. The first kappa shape index (κ1) is 29.3. The number of para-hydroxylation sites is 4. The van der Waals surface area contributed by atoms with Crippen molar-refractivity contribution >= 4 is 38.9 Å². The zero-order valence-electron chi connectivity index (χ0n) is 28.1. The van der Waals surface area contributed by atoms with E-state index in [9.17, 15) is 0 Å².